The fourth-order valence-corrected chi connectivity index (χ4v) is 3.50. The lowest BCUT2D eigenvalue weighted by molar-refractivity contribution is -0.140. The highest BCUT2D eigenvalue weighted by molar-refractivity contribution is 14.0. The monoisotopic (exact) mass is 520 g/mol. The molecule has 1 aromatic heterocycles. The smallest absolute Gasteiger partial charge is 0.305 e. The molecule has 166 valence electrons. The van der Waals surface area contributed by atoms with Gasteiger partial charge in [0.1, 0.15) is 5.76 Å². The quantitative estimate of drug-likeness (QED) is 0.152. The van der Waals surface area contributed by atoms with Crippen molar-refractivity contribution in [1.29, 1.82) is 0 Å². The van der Waals surface area contributed by atoms with E-state index in [9.17, 15) is 4.79 Å². The maximum absolute atomic E-state index is 11.1. The molecule has 2 N–H and O–H groups in total. The Bertz CT molecular complexity index is 574. The number of unbranched alkanes of at least 4 members (excludes halogenated alkanes) is 2. The number of halogens is 1. The van der Waals surface area contributed by atoms with E-state index in [2.05, 4.69) is 33.3 Å². The van der Waals surface area contributed by atoms with Gasteiger partial charge in [0, 0.05) is 19.5 Å². The first-order valence-electron chi connectivity index (χ1n) is 10.6. The van der Waals surface area contributed by atoms with E-state index in [1.807, 2.05) is 6.07 Å². The first-order valence-corrected chi connectivity index (χ1v) is 10.6. The molecule has 0 aliphatic carbocycles. The van der Waals surface area contributed by atoms with Crippen molar-refractivity contribution in [3.05, 3.63) is 24.2 Å². The number of rotatable bonds is 11. The van der Waals surface area contributed by atoms with Crippen molar-refractivity contribution in [2.75, 3.05) is 39.8 Å². The number of piperidine rings is 1. The van der Waals surface area contributed by atoms with Gasteiger partial charge in [-0.25, -0.2) is 0 Å². The normalized spacial score (nSPS) is 16.0. The van der Waals surface area contributed by atoms with Crippen LogP contribution < -0.4 is 10.6 Å². The summed E-state index contributed by atoms with van der Waals surface area (Å²) in [5.41, 5.74) is 0. The van der Waals surface area contributed by atoms with E-state index < -0.39 is 0 Å². The molecular weight excluding hydrogens is 483 g/mol. The summed E-state index contributed by atoms with van der Waals surface area (Å²) in [6.07, 6.45) is 8.87. The van der Waals surface area contributed by atoms with Gasteiger partial charge in [0.05, 0.1) is 26.0 Å². The molecule has 8 heteroatoms. The number of furan rings is 1. The Kier molecular flexibility index (Phi) is 13.8. The van der Waals surface area contributed by atoms with Crippen LogP contribution in [0, 0.1) is 0 Å². The van der Waals surface area contributed by atoms with Crippen LogP contribution in [0.5, 0.6) is 0 Å². The zero-order valence-corrected chi connectivity index (χ0v) is 20.2. The van der Waals surface area contributed by atoms with Gasteiger partial charge in [-0.05, 0) is 57.8 Å². The van der Waals surface area contributed by atoms with Gasteiger partial charge in [0.2, 0.25) is 0 Å². The van der Waals surface area contributed by atoms with E-state index in [1.54, 1.807) is 6.26 Å². The van der Waals surface area contributed by atoms with E-state index in [1.165, 1.54) is 26.4 Å². The number of hydrogen-bond donors (Lipinski definition) is 2. The van der Waals surface area contributed by atoms with Crippen LogP contribution in [-0.2, 0) is 9.53 Å². The molecule has 0 aromatic carbocycles. The molecule has 7 nitrogen and oxygen atoms in total. The Morgan fingerprint density at radius 3 is 2.69 bits per heavy atom. The molecule has 1 fully saturated rings. The number of methoxy groups -OCH3 is 1. The number of carbonyl (C=O) groups is 1. The highest BCUT2D eigenvalue weighted by Gasteiger charge is 2.24. The number of carbonyl (C=O) groups excluding carboxylic acids is 1. The van der Waals surface area contributed by atoms with E-state index in [0.29, 0.717) is 13.0 Å². The number of nitrogens with one attached hydrogen (secondary N) is 2. The van der Waals surface area contributed by atoms with Crippen molar-refractivity contribution in [2.45, 2.75) is 57.9 Å². The van der Waals surface area contributed by atoms with Gasteiger partial charge in [-0.15, -0.1) is 24.0 Å². The highest BCUT2D eigenvalue weighted by atomic mass is 127. The minimum absolute atomic E-state index is 0. The van der Waals surface area contributed by atoms with Crippen LogP contribution in [0.4, 0.5) is 0 Å². The maximum Gasteiger partial charge on any atom is 0.305 e. The molecule has 2 rings (SSSR count). The fraction of sp³-hybridized carbons (Fsp3) is 0.714. The molecule has 29 heavy (non-hydrogen) atoms. The summed E-state index contributed by atoms with van der Waals surface area (Å²) < 4.78 is 10.4. The maximum atomic E-state index is 11.1. The Hall–Kier alpha value is -1.29. The van der Waals surface area contributed by atoms with E-state index in [0.717, 1.165) is 57.2 Å². The van der Waals surface area contributed by atoms with Crippen LogP contribution in [-0.4, -0.2) is 56.7 Å². The molecule has 0 amide bonds. The van der Waals surface area contributed by atoms with Gasteiger partial charge in [0.15, 0.2) is 5.96 Å². The van der Waals surface area contributed by atoms with Crippen molar-refractivity contribution >= 4 is 35.9 Å². The van der Waals surface area contributed by atoms with Crippen LogP contribution in [0.1, 0.15) is 63.7 Å². The predicted molar refractivity (Wildman–Crippen MR) is 127 cm³/mol. The minimum atomic E-state index is -0.135. The van der Waals surface area contributed by atoms with Gasteiger partial charge in [-0.3, -0.25) is 14.7 Å². The van der Waals surface area contributed by atoms with Crippen molar-refractivity contribution < 1.29 is 13.9 Å². The van der Waals surface area contributed by atoms with Gasteiger partial charge >= 0.3 is 5.97 Å². The summed E-state index contributed by atoms with van der Waals surface area (Å²) in [5, 5.41) is 6.72. The van der Waals surface area contributed by atoms with E-state index in [4.69, 9.17) is 9.41 Å². The summed E-state index contributed by atoms with van der Waals surface area (Å²) >= 11 is 0. The number of hydrogen-bond acceptors (Lipinski definition) is 5. The number of aliphatic imine (C=N–C) groups is 1. The lowest BCUT2D eigenvalue weighted by Crippen LogP contribution is -2.39. The molecule has 1 saturated heterocycles. The first kappa shape index (κ1) is 25.7. The lowest BCUT2D eigenvalue weighted by Gasteiger charge is -2.32. The fourth-order valence-electron chi connectivity index (χ4n) is 3.50. The average Bonchev–Trinajstić information content (AvgIpc) is 3.25. The number of nitrogens with zero attached hydrogens (tertiary/aromatic N) is 2. The van der Waals surface area contributed by atoms with Crippen molar-refractivity contribution in [1.82, 2.24) is 15.5 Å². The Labute approximate surface area is 192 Å². The van der Waals surface area contributed by atoms with Gasteiger partial charge in [-0.1, -0.05) is 12.8 Å². The third-order valence-electron chi connectivity index (χ3n) is 5.05. The zero-order chi connectivity index (χ0) is 20.0. The molecule has 1 aromatic rings. The molecule has 1 unspecified atom stereocenters. The summed E-state index contributed by atoms with van der Waals surface area (Å²) in [7, 11) is 1.43. The molecule has 0 spiro atoms. The van der Waals surface area contributed by atoms with Crippen LogP contribution in [0.3, 0.4) is 0 Å². The Morgan fingerprint density at radius 2 is 2.03 bits per heavy atom. The largest absolute Gasteiger partial charge is 0.469 e. The Balaban J connectivity index is 0.00000420. The highest BCUT2D eigenvalue weighted by Crippen LogP contribution is 2.25. The minimum Gasteiger partial charge on any atom is -0.469 e. The second-order valence-electron chi connectivity index (χ2n) is 7.16. The third-order valence-corrected chi connectivity index (χ3v) is 5.05. The topological polar surface area (TPSA) is 79.1 Å². The first-order chi connectivity index (χ1) is 13.7. The second kappa shape index (κ2) is 15.5. The summed E-state index contributed by atoms with van der Waals surface area (Å²) in [6, 6.07) is 4.19. The molecular formula is C21H37IN4O3. The number of ether oxygens (including phenoxy) is 1. The SMILES string of the molecule is CCNC(=NCC(c1ccco1)N1CCCCC1)NCCCCCC(=O)OC.I. The summed E-state index contributed by atoms with van der Waals surface area (Å²) in [5.74, 6) is 1.69. The van der Waals surface area contributed by atoms with Crippen molar-refractivity contribution in [2.24, 2.45) is 4.99 Å². The molecule has 0 saturated carbocycles. The lowest BCUT2D eigenvalue weighted by atomic mass is 10.1. The van der Waals surface area contributed by atoms with Crippen LogP contribution in [0.15, 0.2) is 27.8 Å². The van der Waals surface area contributed by atoms with Crippen molar-refractivity contribution in [3.63, 3.8) is 0 Å². The van der Waals surface area contributed by atoms with Crippen LogP contribution in [0.25, 0.3) is 0 Å². The van der Waals surface area contributed by atoms with E-state index >= 15 is 0 Å². The Morgan fingerprint density at radius 1 is 1.24 bits per heavy atom. The molecule has 1 aliphatic heterocycles. The van der Waals surface area contributed by atoms with Gasteiger partial charge in [0.25, 0.3) is 0 Å². The summed E-state index contributed by atoms with van der Waals surface area (Å²) in [4.78, 5) is 18.4. The van der Waals surface area contributed by atoms with Gasteiger partial charge < -0.3 is 19.8 Å². The van der Waals surface area contributed by atoms with Crippen LogP contribution >= 0.6 is 24.0 Å². The third kappa shape index (κ3) is 9.84. The predicted octanol–water partition coefficient (Wildman–Crippen LogP) is 3.71. The molecule has 0 bridgehead atoms. The molecule has 0 radical (unpaired) electrons. The van der Waals surface area contributed by atoms with Crippen molar-refractivity contribution in [3.8, 4) is 0 Å². The second-order valence-corrected chi connectivity index (χ2v) is 7.16. The van der Waals surface area contributed by atoms with Gasteiger partial charge in [-0.2, -0.15) is 0 Å². The summed E-state index contributed by atoms with van der Waals surface area (Å²) in [6.45, 7) is 6.61. The van der Waals surface area contributed by atoms with Crippen LogP contribution in [0.2, 0.25) is 0 Å². The molecule has 2 heterocycles. The standard InChI is InChI=1S/C21H36N4O3.HI/c1-3-22-21(23-13-7-4-6-12-20(26)27-2)24-17-18(19-11-10-16-28-19)25-14-8-5-9-15-25;/h10-11,16,18H,3-9,12-15,17H2,1-2H3,(H2,22,23,24);1H. The number of esters is 1. The number of guanidine groups is 1. The number of likely N-dealkylation sites (tertiary alicyclic amines) is 1. The van der Waals surface area contributed by atoms with E-state index in [-0.39, 0.29) is 36.0 Å². The zero-order valence-electron chi connectivity index (χ0n) is 17.8. The average molecular weight is 520 g/mol. The molecule has 1 atom stereocenters. The molecule has 1 aliphatic rings.